The van der Waals surface area contributed by atoms with Crippen LogP contribution >= 0.6 is 0 Å². The molecule has 0 aromatic heterocycles. The molecule has 0 aliphatic carbocycles. The van der Waals surface area contributed by atoms with Crippen molar-refractivity contribution in [3.05, 3.63) is 24.3 Å². The standard InChI is InChI=1S/C14H16N2O4/c1-20-11-4-2-3-10(9-11)15-12(17)7-8-16-13(18)5-6-14(16)19/h2-4,9H,5-8H2,1H3,(H,15,17). The molecule has 1 N–H and O–H groups in total. The Hall–Kier alpha value is -2.37. The number of ether oxygens (including phenoxy) is 1. The van der Waals surface area contributed by atoms with Crippen molar-refractivity contribution in [1.82, 2.24) is 4.90 Å². The quantitative estimate of drug-likeness (QED) is 0.819. The maximum Gasteiger partial charge on any atom is 0.229 e. The van der Waals surface area contributed by atoms with Gasteiger partial charge in [0.2, 0.25) is 17.7 Å². The first-order valence-electron chi connectivity index (χ1n) is 6.37. The van der Waals surface area contributed by atoms with E-state index in [4.69, 9.17) is 4.74 Å². The Morgan fingerprint density at radius 3 is 2.65 bits per heavy atom. The van der Waals surface area contributed by atoms with Crippen LogP contribution in [0.3, 0.4) is 0 Å². The van der Waals surface area contributed by atoms with Gasteiger partial charge in [0.05, 0.1) is 7.11 Å². The third kappa shape index (κ3) is 3.34. The van der Waals surface area contributed by atoms with Crippen LogP contribution in [0.2, 0.25) is 0 Å². The summed E-state index contributed by atoms with van der Waals surface area (Å²) in [6.07, 6.45) is 0.585. The number of nitrogens with one attached hydrogen (secondary N) is 1. The lowest BCUT2D eigenvalue weighted by molar-refractivity contribution is -0.138. The summed E-state index contributed by atoms with van der Waals surface area (Å²) in [5, 5.41) is 2.70. The van der Waals surface area contributed by atoms with Crippen molar-refractivity contribution in [3.63, 3.8) is 0 Å². The van der Waals surface area contributed by atoms with Crippen LogP contribution in [0.5, 0.6) is 5.75 Å². The highest BCUT2D eigenvalue weighted by Crippen LogP contribution is 2.17. The molecule has 0 saturated carbocycles. The van der Waals surface area contributed by atoms with Gasteiger partial charge in [-0.25, -0.2) is 0 Å². The lowest BCUT2D eigenvalue weighted by atomic mass is 10.3. The van der Waals surface area contributed by atoms with Crippen molar-refractivity contribution < 1.29 is 19.1 Å². The molecule has 6 heteroatoms. The minimum atomic E-state index is -0.245. The predicted molar refractivity (Wildman–Crippen MR) is 72.2 cm³/mol. The van der Waals surface area contributed by atoms with Crippen LogP contribution in [-0.2, 0) is 14.4 Å². The van der Waals surface area contributed by atoms with Crippen LogP contribution in [0.15, 0.2) is 24.3 Å². The van der Waals surface area contributed by atoms with Crippen LogP contribution in [0.1, 0.15) is 19.3 Å². The number of likely N-dealkylation sites (tertiary alicyclic amines) is 1. The molecule has 1 fully saturated rings. The topological polar surface area (TPSA) is 75.7 Å². The Balaban J connectivity index is 1.86. The molecule has 20 heavy (non-hydrogen) atoms. The van der Waals surface area contributed by atoms with Crippen molar-refractivity contribution in [2.45, 2.75) is 19.3 Å². The highest BCUT2D eigenvalue weighted by molar-refractivity contribution is 6.02. The second-order valence-electron chi connectivity index (χ2n) is 4.47. The van der Waals surface area contributed by atoms with E-state index in [1.165, 1.54) is 0 Å². The van der Waals surface area contributed by atoms with Gasteiger partial charge in [0.15, 0.2) is 0 Å². The fraction of sp³-hybridized carbons (Fsp3) is 0.357. The summed E-state index contributed by atoms with van der Waals surface area (Å²) in [5.41, 5.74) is 0.619. The average Bonchev–Trinajstić information content (AvgIpc) is 2.76. The zero-order valence-electron chi connectivity index (χ0n) is 11.2. The summed E-state index contributed by atoms with van der Waals surface area (Å²) in [6, 6.07) is 6.98. The predicted octanol–water partition coefficient (Wildman–Crippen LogP) is 1.17. The van der Waals surface area contributed by atoms with E-state index in [1.807, 2.05) is 0 Å². The number of anilines is 1. The number of rotatable bonds is 5. The van der Waals surface area contributed by atoms with Crippen LogP contribution in [0.25, 0.3) is 0 Å². The summed E-state index contributed by atoms with van der Waals surface area (Å²) in [7, 11) is 1.55. The van der Waals surface area contributed by atoms with Crippen LogP contribution in [0, 0.1) is 0 Å². The molecule has 0 atom stereocenters. The van der Waals surface area contributed by atoms with E-state index in [-0.39, 0.29) is 43.5 Å². The number of benzene rings is 1. The van der Waals surface area contributed by atoms with Gasteiger partial charge in [-0.1, -0.05) is 6.07 Å². The number of imide groups is 1. The van der Waals surface area contributed by atoms with Gasteiger partial charge in [0.1, 0.15) is 5.75 Å². The molecule has 6 nitrogen and oxygen atoms in total. The first-order chi connectivity index (χ1) is 9.60. The van der Waals surface area contributed by atoms with Crippen molar-refractivity contribution in [1.29, 1.82) is 0 Å². The summed E-state index contributed by atoms with van der Waals surface area (Å²) in [6.45, 7) is 0.132. The Kier molecular flexibility index (Phi) is 4.34. The van der Waals surface area contributed by atoms with Crippen molar-refractivity contribution in [3.8, 4) is 5.75 Å². The molecular formula is C14H16N2O4. The molecule has 0 unspecified atom stereocenters. The van der Waals surface area contributed by atoms with E-state index >= 15 is 0 Å². The molecule has 106 valence electrons. The second-order valence-corrected chi connectivity index (χ2v) is 4.47. The SMILES string of the molecule is COc1cccc(NC(=O)CCN2C(=O)CCC2=O)c1. The van der Waals surface area contributed by atoms with Crippen molar-refractivity contribution >= 4 is 23.4 Å². The third-order valence-electron chi connectivity index (χ3n) is 3.07. The number of amides is 3. The number of carbonyl (C=O) groups excluding carboxylic acids is 3. The monoisotopic (exact) mass is 276 g/mol. The number of methoxy groups -OCH3 is 1. The summed E-state index contributed by atoms with van der Waals surface area (Å²) >= 11 is 0. The molecule has 1 aliphatic rings. The van der Waals surface area contributed by atoms with Gasteiger partial charge < -0.3 is 10.1 Å². The van der Waals surface area contributed by atoms with Crippen LogP contribution in [0.4, 0.5) is 5.69 Å². The van der Waals surface area contributed by atoms with Crippen LogP contribution < -0.4 is 10.1 Å². The van der Waals surface area contributed by atoms with E-state index in [0.29, 0.717) is 11.4 Å². The first kappa shape index (κ1) is 14.0. The Morgan fingerprint density at radius 1 is 1.30 bits per heavy atom. The Bertz CT molecular complexity index is 526. The van der Waals surface area contributed by atoms with Gasteiger partial charge in [-0.2, -0.15) is 0 Å². The molecule has 1 aromatic rings. The van der Waals surface area contributed by atoms with E-state index < -0.39 is 0 Å². The smallest absolute Gasteiger partial charge is 0.229 e. The van der Waals surface area contributed by atoms with E-state index in [9.17, 15) is 14.4 Å². The fourth-order valence-corrected chi connectivity index (χ4v) is 2.01. The van der Waals surface area contributed by atoms with Gasteiger partial charge in [0.25, 0.3) is 0 Å². The minimum Gasteiger partial charge on any atom is -0.497 e. The number of hydrogen-bond acceptors (Lipinski definition) is 4. The van der Waals surface area contributed by atoms with Gasteiger partial charge >= 0.3 is 0 Å². The lowest BCUT2D eigenvalue weighted by Gasteiger charge is -2.13. The summed E-state index contributed by atoms with van der Waals surface area (Å²) < 4.78 is 5.06. The lowest BCUT2D eigenvalue weighted by Crippen LogP contribution is -2.32. The molecule has 2 rings (SSSR count). The normalized spacial score (nSPS) is 14.6. The maximum absolute atomic E-state index is 11.8. The van der Waals surface area contributed by atoms with Crippen molar-refractivity contribution in [2.75, 3.05) is 19.0 Å². The molecule has 1 aliphatic heterocycles. The molecule has 1 saturated heterocycles. The van der Waals surface area contributed by atoms with Gasteiger partial charge in [0, 0.05) is 37.6 Å². The third-order valence-corrected chi connectivity index (χ3v) is 3.07. The van der Waals surface area contributed by atoms with Crippen LogP contribution in [-0.4, -0.2) is 36.3 Å². The summed E-state index contributed by atoms with van der Waals surface area (Å²) in [5.74, 6) is -0.00758. The van der Waals surface area contributed by atoms with E-state index in [2.05, 4.69) is 5.32 Å². The molecule has 1 heterocycles. The molecule has 0 bridgehead atoms. The van der Waals surface area contributed by atoms with Gasteiger partial charge in [-0.15, -0.1) is 0 Å². The van der Waals surface area contributed by atoms with Crippen molar-refractivity contribution in [2.24, 2.45) is 0 Å². The summed E-state index contributed by atoms with van der Waals surface area (Å²) in [4.78, 5) is 35.7. The van der Waals surface area contributed by atoms with E-state index in [1.54, 1.807) is 31.4 Å². The number of carbonyl (C=O) groups is 3. The highest BCUT2D eigenvalue weighted by atomic mass is 16.5. The average molecular weight is 276 g/mol. The molecular weight excluding hydrogens is 260 g/mol. The molecule has 3 amide bonds. The van der Waals surface area contributed by atoms with Gasteiger partial charge in [-0.05, 0) is 12.1 Å². The minimum absolute atomic E-state index is 0.0920. The number of nitrogens with zero attached hydrogens (tertiary/aromatic N) is 1. The van der Waals surface area contributed by atoms with E-state index in [0.717, 1.165) is 4.90 Å². The number of hydrogen-bond donors (Lipinski definition) is 1. The Labute approximate surface area is 116 Å². The zero-order chi connectivity index (χ0) is 14.5. The zero-order valence-corrected chi connectivity index (χ0v) is 11.2. The first-order valence-corrected chi connectivity index (χ1v) is 6.37. The molecule has 0 spiro atoms. The second kappa shape index (κ2) is 6.18. The maximum atomic E-state index is 11.8. The fourth-order valence-electron chi connectivity index (χ4n) is 2.01. The van der Waals surface area contributed by atoms with Gasteiger partial charge in [-0.3, -0.25) is 19.3 Å². The largest absolute Gasteiger partial charge is 0.497 e. The molecule has 1 aromatic carbocycles. The molecule has 0 radical (unpaired) electrons. The Morgan fingerprint density at radius 2 is 2.00 bits per heavy atom. The highest BCUT2D eigenvalue weighted by Gasteiger charge is 2.28.